The molecule has 1 amide bonds. The summed E-state index contributed by atoms with van der Waals surface area (Å²) in [5.41, 5.74) is 3.59. The summed E-state index contributed by atoms with van der Waals surface area (Å²) in [4.78, 5) is 16.8. The summed E-state index contributed by atoms with van der Waals surface area (Å²) in [6.07, 6.45) is 0.292. The van der Waals surface area contributed by atoms with Crippen molar-refractivity contribution >= 4 is 22.6 Å². The predicted molar refractivity (Wildman–Crippen MR) is 90.3 cm³/mol. The Morgan fingerprint density at radius 1 is 1.21 bits per heavy atom. The number of nitrogens with zero attached hydrogens (tertiary/aromatic N) is 2. The first kappa shape index (κ1) is 14.6. The summed E-state index contributed by atoms with van der Waals surface area (Å²) >= 11 is 0. The highest BCUT2D eigenvalue weighted by Crippen LogP contribution is 2.34. The Hall–Kier alpha value is -3.02. The number of fused-ring (bicyclic) bond motifs is 2. The maximum Gasteiger partial charge on any atom is 0.231 e. The molecule has 4 rings (SSSR count). The lowest BCUT2D eigenvalue weighted by molar-refractivity contribution is -0.115. The fourth-order valence-corrected chi connectivity index (χ4v) is 2.84. The van der Waals surface area contributed by atoms with Gasteiger partial charge >= 0.3 is 0 Å². The van der Waals surface area contributed by atoms with E-state index in [1.807, 2.05) is 36.7 Å². The Kier molecular flexibility index (Phi) is 3.37. The molecule has 1 aliphatic rings. The minimum Gasteiger partial charge on any atom is -0.454 e. The Labute approximate surface area is 139 Å². The highest BCUT2D eigenvalue weighted by Gasteiger charge is 2.14. The van der Waals surface area contributed by atoms with Crippen molar-refractivity contribution in [2.24, 2.45) is 7.05 Å². The van der Waals surface area contributed by atoms with Crippen LogP contribution < -0.4 is 14.8 Å². The Morgan fingerprint density at radius 3 is 2.92 bits per heavy atom. The molecule has 1 aliphatic heterocycles. The van der Waals surface area contributed by atoms with Gasteiger partial charge in [0.2, 0.25) is 12.7 Å². The summed E-state index contributed by atoms with van der Waals surface area (Å²) < 4.78 is 12.6. The van der Waals surface area contributed by atoms with Crippen LogP contribution in [0.3, 0.4) is 0 Å². The molecule has 0 bridgehead atoms. The van der Waals surface area contributed by atoms with Crippen molar-refractivity contribution in [3.63, 3.8) is 0 Å². The third-order valence-corrected chi connectivity index (χ3v) is 4.19. The highest BCUT2D eigenvalue weighted by atomic mass is 16.7. The van der Waals surface area contributed by atoms with Crippen LogP contribution in [0.2, 0.25) is 0 Å². The molecule has 6 nitrogen and oxygen atoms in total. The quantitative estimate of drug-likeness (QED) is 0.805. The van der Waals surface area contributed by atoms with E-state index in [0.29, 0.717) is 23.6 Å². The van der Waals surface area contributed by atoms with E-state index >= 15 is 0 Å². The van der Waals surface area contributed by atoms with Gasteiger partial charge in [-0.2, -0.15) is 0 Å². The summed E-state index contributed by atoms with van der Waals surface area (Å²) in [5, 5.41) is 2.88. The molecule has 0 radical (unpaired) electrons. The van der Waals surface area contributed by atoms with Gasteiger partial charge in [0.05, 0.1) is 17.5 Å². The average molecular weight is 323 g/mol. The maximum absolute atomic E-state index is 12.3. The number of ether oxygens (including phenoxy) is 2. The first-order valence-corrected chi connectivity index (χ1v) is 7.71. The lowest BCUT2D eigenvalue weighted by Crippen LogP contribution is -2.14. The van der Waals surface area contributed by atoms with Gasteiger partial charge in [-0.15, -0.1) is 0 Å². The molecule has 0 unspecified atom stereocenters. The monoisotopic (exact) mass is 323 g/mol. The lowest BCUT2D eigenvalue weighted by atomic mass is 10.1. The van der Waals surface area contributed by atoms with Crippen LogP contribution in [-0.2, 0) is 18.3 Å². The number of amides is 1. The summed E-state index contributed by atoms with van der Waals surface area (Å²) in [7, 11) is 1.98. The van der Waals surface area contributed by atoms with Gasteiger partial charge in [-0.1, -0.05) is 6.07 Å². The zero-order valence-electron chi connectivity index (χ0n) is 13.5. The second-order valence-electron chi connectivity index (χ2n) is 5.83. The van der Waals surface area contributed by atoms with Crippen molar-refractivity contribution in [3.8, 4) is 11.5 Å². The first-order chi connectivity index (χ1) is 11.6. The van der Waals surface area contributed by atoms with E-state index in [0.717, 1.165) is 22.4 Å². The van der Waals surface area contributed by atoms with E-state index in [1.54, 1.807) is 18.2 Å². The molecule has 0 saturated heterocycles. The van der Waals surface area contributed by atoms with E-state index < -0.39 is 0 Å². The number of benzene rings is 2. The number of nitrogens with one attached hydrogen (secondary N) is 1. The van der Waals surface area contributed by atoms with Crippen LogP contribution in [0.5, 0.6) is 11.5 Å². The number of imidazole rings is 1. The van der Waals surface area contributed by atoms with Gasteiger partial charge in [0, 0.05) is 18.8 Å². The van der Waals surface area contributed by atoms with Crippen LogP contribution in [0, 0.1) is 6.92 Å². The number of anilines is 1. The van der Waals surface area contributed by atoms with Crippen molar-refractivity contribution < 1.29 is 14.3 Å². The molecule has 0 saturated carbocycles. The zero-order chi connectivity index (χ0) is 16.7. The van der Waals surface area contributed by atoms with E-state index in [1.165, 1.54) is 0 Å². The zero-order valence-corrected chi connectivity index (χ0v) is 13.5. The molecular weight excluding hydrogens is 306 g/mol. The standard InChI is InChI=1S/C18H17N3O3/c1-11-19-14-7-12(3-5-15(14)21(11)2)8-18(22)20-13-4-6-16-17(9-13)24-10-23-16/h3-7,9H,8,10H2,1-2H3,(H,20,22). The van der Waals surface area contributed by atoms with Crippen molar-refractivity contribution in [2.45, 2.75) is 13.3 Å². The fourth-order valence-electron chi connectivity index (χ4n) is 2.84. The first-order valence-electron chi connectivity index (χ1n) is 7.71. The highest BCUT2D eigenvalue weighted by molar-refractivity contribution is 5.93. The van der Waals surface area contributed by atoms with Crippen LogP contribution in [0.15, 0.2) is 36.4 Å². The van der Waals surface area contributed by atoms with Crippen molar-refractivity contribution in [1.82, 2.24) is 9.55 Å². The fraction of sp³-hybridized carbons (Fsp3) is 0.222. The molecular formula is C18H17N3O3. The maximum atomic E-state index is 12.3. The third kappa shape index (κ3) is 2.56. The number of carbonyl (C=O) groups is 1. The van der Waals surface area contributed by atoms with Crippen molar-refractivity contribution in [1.29, 1.82) is 0 Å². The van der Waals surface area contributed by atoms with Gasteiger partial charge in [0.25, 0.3) is 0 Å². The Bertz CT molecular complexity index is 946. The number of rotatable bonds is 3. The van der Waals surface area contributed by atoms with Crippen molar-refractivity contribution in [2.75, 3.05) is 12.1 Å². The van der Waals surface area contributed by atoms with E-state index in [4.69, 9.17) is 9.47 Å². The second-order valence-corrected chi connectivity index (χ2v) is 5.83. The van der Waals surface area contributed by atoms with Crippen LogP contribution in [0.25, 0.3) is 11.0 Å². The molecule has 0 aliphatic carbocycles. The smallest absolute Gasteiger partial charge is 0.231 e. The van der Waals surface area contributed by atoms with Crippen LogP contribution in [0.1, 0.15) is 11.4 Å². The average Bonchev–Trinajstić information content (AvgIpc) is 3.12. The number of hydrogen-bond donors (Lipinski definition) is 1. The molecule has 2 heterocycles. The number of aryl methyl sites for hydroxylation is 2. The third-order valence-electron chi connectivity index (χ3n) is 4.19. The van der Waals surface area contributed by atoms with E-state index in [9.17, 15) is 4.79 Å². The molecule has 122 valence electrons. The van der Waals surface area contributed by atoms with Crippen molar-refractivity contribution in [3.05, 3.63) is 47.8 Å². The molecule has 0 fully saturated rings. The molecule has 24 heavy (non-hydrogen) atoms. The number of hydrogen-bond acceptors (Lipinski definition) is 4. The van der Waals surface area contributed by atoms with Crippen LogP contribution in [-0.4, -0.2) is 22.3 Å². The van der Waals surface area contributed by atoms with Gasteiger partial charge in [-0.05, 0) is 36.8 Å². The lowest BCUT2D eigenvalue weighted by Gasteiger charge is -2.06. The van der Waals surface area contributed by atoms with Gasteiger partial charge in [-0.3, -0.25) is 4.79 Å². The summed E-state index contributed by atoms with van der Waals surface area (Å²) in [6, 6.07) is 11.3. The molecule has 0 atom stereocenters. The molecule has 6 heteroatoms. The summed E-state index contributed by atoms with van der Waals surface area (Å²) in [5.74, 6) is 2.22. The normalized spacial score (nSPS) is 12.6. The van der Waals surface area contributed by atoms with Gasteiger partial charge < -0.3 is 19.4 Å². The van der Waals surface area contributed by atoms with Gasteiger partial charge in [-0.25, -0.2) is 4.98 Å². The van der Waals surface area contributed by atoms with Gasteiger partial charge in [0.15, 0.2) is 11.5 Å². The SMILES string of the molecule is Cc1nc2cc(CC(=O)Nc3ccc4c(c3)OCO4)ccc2n1C. The predicted octanol–water partition coefficient (Wildman–Crippen LogP) is 2.79. The van der Waals surface area contributed by atoms with E-state index in [-0.39, 0.29) is 12.7 Å². The number of aromatic nitrogens is 2. The van der Waals surface area contributed by atoms with Gasteiger partial charge in [0.1, 0.15) is 5.82 Å². The minimum atomic E-state index is -0.0825. The number of carbonyl (C=O) groups excluding carboxylic acids is 1. The van der Waals surface area contributed by atoms with Crippen LogP contribution >= 0.6 is 0 Å². The van der Waals surface area contributed by atoms with E-state index in [2.05, 4.69) is 10.3 Å². The molecule has 1 aromatic heterocycles. The Balaban J connectivity index is 1.49. The minimum absolute atomic E-state index is 0.0825. The largest absolute Gasteiger partial charge is 0.454 e. The van der Waals surface area contributed by atoms with Crippen LogP contribution in [0.4, 0.5) is 5.69 Å². The molecule has 2 aromatic carbocycles. The topological polar surface area (TPSA) is 65.4 Å². The molecule has 3 aromatic rings. The Morgan fingerprint density at radius 2 is 2.04 bits per heavy atom. The molecule has 0 spiro atoms. The summed E-state index contributed by atoms with van der Waals surface area (Å²) in [6.45, 7) is 2.18. The second kappa shape index (κ2) is 5.56. The molecule has 1 N–H and O–H groups in total.